The highest BCUT2D eigenvalue weighted by Gasteiger charge is 2.35. The zero-order valence-electron chi connectivity index (χ0n) is 10.2. The van der Waals surface area contributed by atoms with Crippen molar-refractivity contribution in [2.45, 2.75) is 38.6 Å². The molecular weight excluding hydrogens is 220 g/mol. The van der Waals surface area contributed by atoms with Gasteiger partial charge in [-0.1, -0.05) is 6.92 Å². The van der Waals surface area contributed by atoms with Gasteiger partial charge in [0.2, 0.25) is 0 Å². The van der Waals surface area contributed by atoms with E-state index >= 15 is 0 Å². The Hall–Kier alpha value is -1.26. The van der Waals surface area contributed by atoms with Crippen LogP contribution in [0.25, 0.3) is 0 Å². The minimum atomic E-state index is -0.891. The normalized spacial score (nSPS) is 28.9. The third kappa shape index (κ3) is 3.11. The van der Waals surface area contributed by atoms with E-state index in [0.29, 0.717) is 31.3 Å². The summed E-state index contributed by atoms with van der Waals surface area (Å²) in [5.74, 6) is 0.104. The third-order valence-electron chi connectivity index (χ3n) is 3.65. The van der Waals surface area contributed by atoms with Gasteiger partial charge >= 0.3 is 12.0 Å². The lowest BCUT2D eigenvalue weighted by Gasteiger charge is -2.35. The molecule has 17 heavy (non-hydrogen) atoms. The molecule has 0 spiro atoms. The number of amides is 2. The molecule has 1 saturated heterocycles. The fourth-order valence-electron chi connectivity index (χ4n) is 2.27. The van der Waals surface area contributed by atoms with Crippen molar-refractivity contribution in [3.05, 3.63) is 0 Å². The first-order valence-electron chi connectivity index (χ1n) is 6.35. The highest BCUT2D eigenvalue weighted by atomic mass is 16.4. The number of rotatable bonds is 3. The van der Waals surface area contributed by atoms with Crippen molar-refractivity contribution in [1.29, 1.82) is 0 Å². The zero-order valence-corrected chi connectivity index (χ0v) is 10.2. The highest BCUT2D eigenvalue weighted by Crippen LogP contribution is 2.28. The van der Waals surface area contributed by atoms with Crippen molar-refractivity contribution < 1.29 is 14.7 Å². The molecule has 0 aromatic rings. The van der Waals surface area contributed by atoms with E-state index in [9.17, 15) is 9.59 Å². The van der Waals surface area contributed by atoms with Crippen LogP contribution in [0.1, 0.15) is 32.6 Å². The van der Waals surface area contributed by atoms with E-state index in [1.165, 1.54) is 17.7 Å². The molecule has 2 amide bonds. The monoisotopic (exact) mass is 240 g/mol. The van der Waals surface area contributed by atoms with Crippen LogP contribution in [0.15, 0.2) is 0 Å². The third-order valence-corrected chi connectivity index (χ3v) is 3.65. The number of nitrogens with one attached hydrogen (secondary N) is 1. The van der Waals surface area contributed by atoms with Gasteiger partial charge in [-0.25, -0.2) is 9.59 Å². The molecule has 5 nitrogen and oxygen atoms in total. The van der Waals surface area contributed by atoms with Gasteiger partial charge in [-0.2, -0.15) is 0 Å². The Labute approximate surface area is 101 Å². The summed E-state index contributed by atoms with van der Waals surface area (Å²) in [5.41, 5.74) is 0. The van der Waals surface area contributed by atoms with Gasteiger partial charge < -0.3 is 15.3 Å². The fraction of sp³-hybridized carbons (Fsp3) is 0.833. The summed E-state index contributed by atoms with van der Waals surface area (Å²) in [6.07, 6.45) is 3.81. The predicted molar refractivity (Wildman–Crippen MR) is 62.7 cm³/mol. The molecule has 2 fully saturated rings. The van der Waals surface area contributed by atoms with Gasteiger partial charge in [0.25, 0.3) is 0 Å². The second-order valence-electron chi connectivity index (χ2n) is 5.31. The largest absolute Gasteiger partial charge is 0.480 e. The standard InChI is InChI=1S/C12H20N2O3/c1-8-4-5-14(10(6-8)11(15)16)12(17)13-7-9-2-3-9/h8-10H,2-7H2,1H3,(H,13,17)(H,15,16). The Balaban J connectivity index is 1.90. The lowest BCUT2D eigenvalue weighted by Crippen LogP contribution is -2.53. The maximum Gasteiger partial charge on any atom is 0.326 e. The molecule has 1 heterocycles. The lowest BCUT2D eigenvalue weighted by molar-refractivity contribution is -0.143. The molecule has 0 aromatic heterocycles. The summed E-state index contributed by atoms with van der Waals surface area (Å²) >= 11 is 0. The Kier molecular flexibility index (Phi) is 3.54. The molecule has 2 atom stereocenters. The maximum atomic E-state index is 11.9. The van der Waals surface area contributed by atoms with Crippen LogP contribution in [0.2, 0.25) is 0 Å². The van der Waals surface area contributed by atoms with Crippen LogP contribution in [0, 0.1) is 11.8 Å². The molecule has 2 rings (SSSR count). The van der Waals surface area contributed by atoms with E-state index < -0.39 is 12.0 Å². The van der Waals surface area contributed by atoms with Crippen molar-refractivity contribution in [2.24, 2.45) is 11.8 Å². The lowest BCUT2D eigenvalue weighted by atomic mass is 9.93. The van der Waals surface area contributed by atoms with E-state index in [2.05, 4.69) is 5.32 Å². The molecule has 2 unspecified atom stereocenters. The number of carboxylic acid groups (broad SMARTS) is 1. The SMILES string of the molecule is CC1CCN(C(=O)NCC2CC2)C(C(=O)O)C1. The van der Waals surface area contributed by atoms with Crippen LogP contribution >= 0.6 is 0 Å². The smallest absolute Gasteiger partial charge is 0.326 e. The van der Waals surface area contributed by atoms with Crippen molar-refractivity contribution in [3.8, 4) is 0 Å². The van der Waals surface area contributed by atoms with Gasteiger partial charge in [-0.3, -0.25) is 0 Å². The predicted octanol–water partition coefficient (Wildman–Crippen LogP) is 1.29. The minimum absolute atomic E-state index is 0.212. The van der Waals surface area contributed by atoms with E-state index in [4.69, 9.17) is 5.11 Å². The first-order chi connectivity index (χ1) is 8.08. The van der Waals surface area contributed by atoms with Crippen LogP contribution in [0.4, 0.5) is 4.79 Å². The fourth-order valence-corrected chi connectivity index (χ4v) is 2.27. The quantitative estimate of drug-likeness (QED) is 0.781. The Morgan fingerprint density at radius 2 is 2.06 bits per heavy atom. The number of urea groups is 1. The molecule has 1 aliphatic carbocycles. The Morgan fingerprint density at radius 3 is 2.65 bits per heavy atom. The van der Waals surface area contributed by atoms with Crippen LogP contribution in [0.3, 0.4) is 0 Å². The van der Waals surface area contributed by atoms with Crippen molar-refractivity contribution in [2.75, 3.05) is 13.1 Å². The van der Waals surface area contributed by atoms with Crippen LogP contribution in [-0.2, 0) is 4.79 Å². The summed E-state index contributed by atoms with van der Waals surface area (Å²) in [6.45, 7) is 3.28. The van der Waals surface area contributed by atoms with Crippen LogP contribution < -0.4 is 5.32 Å². The van der Waals surface area contributed by atoms with Crippen LogP contribution in [0.5, 0.6) is 0 Å². The topological polar surface area (TPSA) is 69.6 Å². The van der Waals surface area contributed by atoms with E-state index in [1.54, 1.807) is 0 Å². The Bertz CT molecular complexity index is 315. The first kappa shape index (κ1) is 12.2. The molecule has 0 aromatic carbocycles. The van der Waals surface area contributed by atoms with Gasteiger partial charge in [0.15, 0.2) is 0 Å². The summed E-state index contributed by atoms with van der Waals surface area (Å²) in [5, 5.41) is 12.0. The molecule has 2 aliphatic rings. The second-order valence-corrected chi connectivity index (χ2v) is 5.31. The van der Waals surface area contributed by atoms with E-state index in [-0.39, 0.29) is 6.03 Å². The van der Waals surface area contributed by atoms with Crippen LogP contribution in [-0.4, -0.2) is 41.1 Å². The molecule has 2 N–H and O–H groups in total. The van der Waals surface area contributed by atoms with Gasteiger partial charge in [0.05, 0.1) is 0 Å². The maximum absolute atomic E-state index is 11.9. The summed E-state index contributed by atoms with van der Waals surface area (Å²) in [7, 11) is 0. The number of piperidine rings is 1. The first-order valence-corrected chi connectivity index (χ1v) is 6.35. The van der Waals surface area contributed by atoms with Crippen molar-refractivity contribution in [3.63, 3.8) is 0 Å². The number of hydrogen-bond acceptors (Lipinski definition) is 2. The van der Waals surface area contributed by atoms with Crippen molar-refractivity contribution >= 4 is 12.0 Å². The van der Waals surface area contributed by atoms with E-state index in [0.717, 1.165) is 6.42 Å². The number of hydrogen-bond donors (Lipinski definition) is 2. The van der Waals surface area contributed by atoms with Gasteiger partial charge in [-0.15, -0.1) is 0 Å². The molecule has 96 valence electrons. The average molecular weight is 240 g/mol. The van der Waals surface area contributed by atoms with Gasteiger partial charge in [0, 0.05) is 13.1 Å². The highest BCUT2D eigenvalue weighted by molar-refractivity contribution is 5.82. The van der Waals surface area contributed by atoms with E-state index in [1.807, 2.05) is 6.92 Å². The summed E-state index contributed by atoms with van der Waals surface area (Å²) in [6, 6.07) is -0.867. The number of carbonyl (C=O) groups excluding carboxylic acids is 1. The number of likely N-dealkylation sites (tertiary alicyclic amines) is 1. The zero-order chi connectivity index (χ0) is 12.4. The molecule has 5 heteroatoms. The molecule has 1 saturated carbocycles. The molecular formula is C12H20N2O3. The second kappa shape index (κ2) is 4.94. The summed E-state index contributed by atoms with van der Waals surface area (Å²) < 4.78 is 0. The number of aliphatic carboxylic acids is 1. The number of carboxylic acids is 1. The molecule has 0 radical (unpaired) electrons. The molecule has 0 bridgehead atoms. The average Bonchev–Trinajstić information content (AvgIpc) is 3.09. The van der Waals surface area contributed by atoms with Gasteiger partial charge in [0.1, 0.15) is 6.04 Å². The number of carbonyl (C=O) groups is 2. The Morgan fingerprint density at radius 1 is 1.35 bits per heavy atom. The minimum Gasteiger partial charge on any atom is -0.480 e. The van der Waals surface area contributed by atoms with Crippen molar-refractivity contribution in [1.82, 2.24) is 10.2 Å². The van der Waals surface area contributed by atoms with Gasteiger partial charge in [-0.05, 0) is 37.5 Å². The summed E-state index contributed by atoms with van der Waals surface area (Å²) in [4.78, 5) is 24.5. The number of nitrogens with zero attached hydrogens (tertiary/aromatic N) is 1. The molecule has 1 aliphatic heterocycles.